The van der Waals surface area contributed by atoms with Crippen LogP contribution in [0.25, 0.3) is 0 Å². The van der Waals surface area contributed by atoms with Crippen molar-refractivity contribution in [1.82, 2.24) is 4.90 Å². The summed E-state index contributed by atoms with van der Waals surface area (Å²) in [7, 11) is 4.18. The number of rotatable bonds is 5. The first-order chi connectivity index (χ1) is 5.04. The molecule has 11 heavy (non-hydrogen) atoms. The Hall–Kier alpha value is -0.0800. The van der Waals surface area contributed by atoms with Gasteiger partial charge in [-0.15, -0.1) is 0 Å². The largest absolute Gasteiger partial charge is 0.325 e. The second kappa shape index (κ2) is 4.73. The predicted octanol–water partition coefficient (Wildman–Crippen LogP) is 1.46. The van der Waals surface area contributed by atoms with Crippen molar-refractivity contribution in [1.29, 1.82) is 0 Å². The minimum atomic E-state index is 0.0737. The molecule has 2 nitrogen and oxygen atoms in total. The van der Waals surface area contributed by atoms with Crippen LogP contribution in [0.4, 0.5) is 0 Å². The van der Waals surface area contributed by atoms with E-state index in [0.29, 0.717) is 0 Å². The third kappa shape index (κ3) is 4.38. The van der Waals surface area contributed by atoms with E-state index in [-0.39, 0.29) is 5.54 Å². The Kier molecular flexibility index (Phi) is 4.69. The second-order valence-electron chi connectivity index (χ2n) is 3.62. The van der Waals surface area contributed by atoms with E-state index in [1.54, 1.807) is 0 Å². The highest BCUT2D eigenvalue weighted by Gasteiger charge is 2.19. The highest BCUT2D eigenvalue weighted by molar-refractivity contribution is 4.81. The summed E-state index contributed by atoms with van der Waals surface area (Å²) in [6.07, 6.45) is 3.27. The van der Waals surface area contributed by atoms with Crippen LogP contribution in [0.1, 0.15) is 33.1 Å². The van der Waals surface area contributed by atoms with Gasteiger partial charge in [0.25, 0.3) is 0 Å². The molecule has 0 spiro atoms. The van der Waals surface area contributed by atoms with E-state index in [2.05, 4.69) is 32.8 Å². The lowest BCUT2D eigenvalue weighted by Crippen LogP contribution is -2.40. The van der Waals surface area contributed by atoms with Gasteiger partial charge in [-0.05, 0) is 39.9 Å². The maximum absolute atomic E-state index is 6.12. The van der Waals surface area contributed by atoms with Crippen molar-refractivity contribution in [3.05, 3.63) is 0 Å². The van der Waals surface area contributed by atoms with Crippen LogP contribution in [0.15, 0.2) is 0 Å². The monoisotopic (exact) mass is 158 g/mol. The zero-order chi connectivity index (χ0) is 8.91. The molecule has 0 rings (SSSR count). The van der Waals surface area contributed by atoms with Gasteiger partial charge in [0.15, 0.2) is 0 Å². The van der Waals surface area contributed by atoms with Crippen molar-refractivity contribution in [3.8, 4) is 0 Å². The van der Waals surface area contributed by atoms with Gasteiger partial charge >= 0.3 is 0 Å². The van der Waals surface area contributed by atoms with Gasteiger partial charge in [0.2, 0.25) is 0 Å². The van der Waals surface area contributed by atoms with Crippen molar-refractivity contribution >= 4 is 0 Å². The molecule has 2 heteroatoms. The van der Waals surface area contributed by atoms with E-state index in [9.17, 15) is 0 Å². The summed E-state index contributed by atoms with van der Waals surface area (Å²) >= 11 is 0. The van der Waals surface area contributed by atoms with Crippen molar-refractivity contribution in [2.45, 2.75) is 38.6 Å². The zero-order valence-electron chi connectivity index (χ0n) is 8.35. The van der Waals surface area contributed by atoms with Crippen LogP contribution < -0.4 is 5.73 Å². The average molecular weight is 158 g/mol. The first-order valence-corrected chi connectivity index (χ1v) is 4.47. The summed E-state index contributed by atoms with van der Waals surface area (Å²) in [6, 6.07) is 0. The van der Waals surface area contributed by atoms with Gasteiger partial charge in [0.05, 0.1) is 0 Å². The molecule has 0 unspecified atom stereocenters. The van der Waals surface area contributed by atoms with Crippen molar-refractivity contribution < 1.29 is 0 Å². The maximum atomic E-state index is 6.12. The van der Waals surface area contributed by atoms with Gasteiger partial charge in [-0.25, -0.2) is 0 Å². The molecule has 0 aliphatic rings. The van der Waals surface area contributed by atoms with Crippen molar-refractivity contribution in [2.75, 3.05) is 20.6 Å². The van der Waals surface area contributed by atoms with Crippen LogP contribution >= 0.6 is 0 Å². The lowest BCUT2D eigenvalue weighted by molar-refractivity contribution is 0.299. The van der Waals surface area contributed by atoms with E-state index < -0.39 is 0 Å². The summed E-state index contributed by atoms with van der Waals surface area (Å²) in [5.41, 5.74) is 6.19. The Morgan fingerprint density at radius 2 is 1.64 bits per heavy atom. The summed E-state index contributed by atoms with van der Waals surface area (Å²) in [5, 5.41) is 0. The Balaban J connectivity index is 3.69. The van der Waals surface area contributed by atoms with E-state index in [4.69, 9.17) is 5.73 Å². The lowest BCUT2D eigenvalue weighted by atomic mass is 9.90. The Labute approximate surface area is 70.8 Å². The van der Waals surface area contributed by atoms with Gasteiger partial charge < -0.3 is 10.6 Å². The van der Waals surface area contributed by atoms with Crippen LogP contribution in [0.3, 0.4) is 0 Å². The molecule has 0 aromatic rings. The zero-order valence-corrected chi connectivity index (χ0v) is 8.35. The topological polar surface area (TPSA) is 29.3 Å². The molecule has 0 aliphatic heterocycles. The van der Waals surface area contributed by atoms with Gasteiger partial charge in [-0.1, -0.05) is 13.8 Å². The SMILES string of the molecule is CCC(N)(CC)CCN(C)C. The second-order valence-corrected chi connectivity index (χ2v) is 3.62. The molecule has 0 fully saturated rings. The van der Waals surface area contributed by atoms with Gasteiger partial charge in [0, 0.05) is 5.54 Å². The number of hydrogen-bond donors (Lipinski definition) is 1. The molecule has 0 aliphatic carbocycles. The van der Waals surface area contributed by atoms with Gasteiger partial charge in [-0.3, -0.25) is 0 Å². The summed E-state index contributed by atoms with van der Waals surface area (Å²) in [6.45, 7) is 5.43. The summed E-state index contributed by atoms with van der Waals surface area (Å²) in [4.78, 5) is 2.19. The van der Waals surface area contributed by atoms with Gasteiger partial charge in [0.1, 0.15) is 0 Å². The molecule has 0 saturated heterocycles. The normalized spacial score (nSPS) is 12.5. The fourth-order valence-electron chi connectivity index (χ4n) is 1.05. The smallest absolute Gasteiger partial charge is 0.0161 e. The lowest BCUT2D eigenvalue weighted by Gasteiger charge is -2.28. The molecule has 0 bridgehead atoms. The molecule has 0 radical (unpaired) electrons. The van der Waals surface area contributed by atoms with Crippen LogP contribution in [-0.2, 0) is 0 Å². The number of nitrogens with zero attached hydrogens (tertiary/aromatic N) is 1. The molecule has 0 aromatic carbocycles. The molecule has 0 atom stereocenters. The Morgan fingerprint density at radius 1 is 1.18 bits per heavy atom. The summed E-state index contributed by atoms with van der Waals surface area (Å²) < 4.78 is 0. The minimum absolute atomic E-state index is 0.0737. The molecule has 68 valence electrons. The maximum Gasteiger partial charge on any atom is 0.0161 e. The van der Waals surface area contributed by atoms with Crippen LogP contribution in [0.2, 0.25) is 0 Å². The standard InChI is InChI=1S/C9H22N2/c1-5-9(10,6-2)7-8-11(3)4/h5-8,10H2,1-4H3. The molecule has 0 aromatic heterocycles. The molecule has 0 amide bonds. The molecule has 0 heterocycles. The predicted molar refractivity (Wildman–Crippen MR) is 50.7 cm³/mol. The molecular formula is C9H22N2. The number of hydrogen-bond acceptors (Lipinski definition) is 2. The third-order valence-electron chi connectivity index (χ3n) is 2.47. The summed E-state index contributed by atoms with van der Waals surface area (Å²) in [5.74, 6) is 0. The van der Waals surface area contributed by atoms with Crippen LogP contribution in [-0.4, -0.2) is 31.1 Å². The molecule has 0 saturated carbocycles. The van der Waals surface area contributed by atoms with E-state index in [1.807, 2.05) is 0 Å². The van der Waals surface area contributed by atoms with Crippen molar-refractivity contribution in [3.63, 3.8) is 0 Å². The first-order valence-electron chi connectivity index (χ1n) is 4.47. The third-order valence-corrected chi connectivity index (χ3v) is 2.47. The molecule has 2 N–H and O–H groups in total. The fourth-order valence-corrected chi connectivity index (χ4v) is 1.05. The Morgan fingerprint density at radius 3 is 1.91 bits per heavy atom. The highest BCUT2D eigenvalue weighted by Crippen LogP contribution is 2.15. The van der Waals surface area contributed by atoms with Gasteiger partial charge in [-0.2, -0.15) is 0 Å². The quantitative estimate of drug-likeness (QED) is 0.656. The number of nitrogens with two attached hydrogens (primary N) is 1. The fraction of sp³-hybridized carbons (Fsp3) is 1.00. The Bertz CT molecular complexity index is 95.7. The van der Waals surface area contributed by atoms with Crippen LogP contribution in [0.5, 0.6) is 0 Å². The van der Waals surface area contributed by atoms with Crippen molar-refractivity contribution in [2.24, 2.45) is 5.73 Å². The minimum Gasteiger partial charge on any atom is -0.325 e. The van der Waals surface area contributed by atoms with E-state index >= 15 is 0 Å². The van der Waals surface area contributed by atoms with E-state index in [0.717, 1.165) is 25.8 Å². The average Bonchev–Trinajstić information content (AvgIpc) is 2.00. The first kappa shape index (κ1) is 10.9. The van der Waals surface area contributed by atoms with E-state index in [1.165, 1.54) is 0 Å². The van der Waals surface area contributed by atoms with Crippen LogP contribution in [0, 0.1) is 0 Å². The highest BCUT2D eigenvalue weighted by atomic mass is 15.1. The molecular weight excluding hydrogens is 136 g/mol.